The van der Waals surface area contributed by atoms with Gasteiger partial charge in [0.1, 0.15) is 6.33 Å². The van der Waals surface area contributed by atoms with E-state index in [-0.39, 0.29) is 11.8 Å². The molecule has 0 spiro atoms. The van der Waals surface area contributed by atoms with Crippen molar-refractivity contribution in [1.82, 2.24) is 25.1 Å². The van der Waals surface area contributed by atoms with Crippen molar-refractivity contribution in [1.29, 1.82) is 0 Å². The second-order valence-electron chi connectivity index (χ2n) is 7.61. The van der Waals surface area contributed by atoms with Crippen LogP contribution in [-0.4, -0.2) is 54.8 Å². The van der Waals surface area contributed by atoms with Crippen LogP contribution in [0.15, 0.2) is 30.6 Å². The minimum absolute atomic E-state index is 0.146. The third kappa shape index (κ3) is 3.11. The molecule has 7 nitrogen and oxygen atoms in total. The molecule has 0 unspecified atom stereocenters. The highest BCUT2D eigenvalue weighted by molar-refractivity contribution is 5.79. The predicted octanol–water partition coefficient (Wildman–Crippen LogP) is 1.60. The Morgan fingerprint density at radius 2 is 2.12 bits per heavy atom. The number of carbonyl (C=O) groups is 1. The minimum Gasteiger partial charge on any atom is -0.390 e. The Morgan fingerprint density at radius 1 is 1.31 bits per heavy atom. The lowest BCUT2D eigenvalue weighted by Gasteiger charge is -2.40. The summed E-state index contributed by atoms with van der Waals surface area (Å²) in [6.45, 7) is 3.53. The van der Waals surface area contributed by atoms with Crippen LogP contribution in [0.25, 0.3) is 5.69 Å². The van der Waals surface area contributed by atoms with E-state index < -0.39 is 5.60 Å². The molecule has 2 heterocycles. The molecular formula is C19H25N5O2. The van der Waals surface area contributed by atoms with E-state index in [1.54, 1.807) is 11.0 Å². The molecule has 1 saturated heterocycles. The van der Waals surface area contributed by atoms with Crippen LogP contribution < -0.4 is 0 Å². The fourth-order valence-corrected chi connectivity index (χ4v) is 4.60. The number of hydrogen-bond donors (Lipinski definition) is 1. The Balaban J connectivity index is 1.41. The molecule has 1 saturated carbocycles. The van der Waals surface area contributed by atoms with Crippen molar-refractivity contribution in [2.45, 2.75) is 44.6 Å². The first-order valence-electron chi connectivity index (χ1n) is 9.41. The number of rotatable bonds is 4. The first-order chi connectivity index (χ1) is 12.6. The monoisotopic (exact) mass is 355 g/mol. The van der Waals surface area contributed by atoms with Crippen LogP contribution in [-0.2, 0) is 11.2 Å². The number of nitrogens with zero attached hydrogens (tertiary/aromatic N) is 5. The lowest BCUT2D eigenvalue weighted by Crippen LogP contribution is -2.44. The minimum atomic E-state index is -0.592. The van der Waals surface area contributed by atoms with E-state index >= 15 is 0 Å². The molecule has 0 radical (unpaired) electrons. The van der Waals surface area contributed by atoms with Gasteiger partial charge in [0, 0.05) is 19.0 Å². The largest absolute Gasteiger partial charge is 0.390 e. The van der Waals surface area contributed by atoms with Gasteiger partial charge in [0.2, 0.25) is 5.91 Å². The third-order valence-corrected chi connectivity index (χ3v) is 6.19. The normalized spacial score (nSPS) is 28.2. The first-order valence-corrected chi connectivity index (χ1v) is 9.41. The van der Waals surface area contributed by atoms with Crippen LogP contribution in [0, 0.1) is 11.8 Å². The van der Waals surface area contributed by atoms with Crippen molar-refractivity contribution in [2.75, 3.05) is 13.1 Å². The predicted molar refractivity (Wildman–Crippen MR) is 95.5 cm³/mol. The van der Waals surface area contributed by atoms with Gasteiger partial charge < -0.3 is 10.0 Å². The molecule has 138 valence electrons. The lowest BCUT2D eigenvalue weighted by atomic mass is 9.69. The van der Waals surface area contributed by atoms with Crippen LogP contribution in [0.5, 0.6) is 0 Å². The van der Waals surface area contributed by atoms with Gasteiger partial charge in [0.25, 0.3) is 0 Å². The number of hydrogen-bond acceptors (Lipinski definition) is 5. The molecule has 26 heavy (non-hydrogen) atoms. The molecule has 1 aromatic carbocycles. The van der Waals surface area contributed by atoms with Gasteiger partial charge in [-0.05, 0) is 53.3 Å². The van der Waals surface area contributed by atoms with E-state index in [4.69, 9.17) is 0 Å². The van der Waals surface area contributed by atoms with E-state index in [9.17, 15) is 9.90 Å². The Bertz CT molecular complexity index is 761. The van der Waals surface area contributed by atoms with Crippen LogP contribution in [0.1, 0.15) is 38.2 Å². The Morgan fingerprint density at radius 3 is 2.81 bits per heavy atom. The maximum Gasteiger partial charge on any atom is 0.227 e. The highest BCUT2D eigenvalue weighted by Gasteiger charge is 2.48. The molecule has 1 aliphatic carbocycles. The first kappa shape index (κ1) is 17.1. The van der Waals surface area contributed by atoms with E-state index in [1.807, 2.05) is 29.2 Å². The van der Waals surface area contributed by atoms with Gasteiger partial charge in [-0.25, -0.2) is 4.68 Å². The zero-order valence-corrected chi connectivity index (χ0v) is 15.1. The topological polar surface area (TPSA) is 84.1 Å². The standard InChI is InChI=1S/C19H25N5O2/c1-2-19(26)9-3-4-15-11-23(12-17(15)19)18(25)10-14-5-7-16(8-6-14)24-13-20-21-22-24/h5-8,13,15,17,26H,2-4,9-12H2,1H3/t15-,17+,19-/m0/s1. The molecule has 7 heteroatoms. The van der Waals surface area contributed by atoms with Crippen LogP contribution >= 0.6 is 0 Å². The van der Waals surface area contributed by atoms with Gasteiger partial charge >= 0.3 is 0 Å². The van der Waals surface area contributed by atoms with Gasteiger partial charge in [-0.1, -0.05) is 25.5 Å². The molecular weight excluding hydrogens is 330 g/mol. The van der Waals surface area contributed by atoms with E-state index in [1.165, 1.54) is 0 Å². The maximum absolute atomic E-state index is 12.8. The Hall–Kier alpha value is -2.28. The van der Waals surface area contributed by atoms with Crippen molar-refractivity contribution in [3.63, 3.8) is 0 Å². The van der Waals surface area contributed by atoms with Gasteiger partial charge in [0.05, 0.1) is 17.7 Å². The number of benzene rings is 1. The SMILES string of the molecule is CC[C@]1(O)CCC[C@H]2CN(C(=O)Cc3ccc(-n4cnnn4)cc3)C[C@H]21. The summed E-state index contributed by atoms with van der Waals surface area (Å²) in [4.78, 5) is 14.7. The molecule has 1 N–H and O–H groups in total. The molecule has 4 rings (SSSR count). The third-order valence-electron chi connectivity index (χ3n) is 6.19. The van der Waals surface area contributed by atoms with Crippen molar-refractivity contribution >= 4 is 5.91 Å². The summed E-state index contributed by atoms with van der Waals surface area (Å²) in [6, 6.07) is 7.72. The van der Waals surface area contributed by atoms with Crippen molar-refractivity contribution in [3.05, 3.63) is 36.2 Å². The molecule has 0 bridgehead atoms. The van der Waals surface area contributed by atoms with E-state index in [0.717, 1.165) is 43.5 Å². The lowest BCUT2D eigenvalue weighted by molar-refractivity contribution is -0.130. The van der Waals surface area contributed by atoms with Gasteiger partial charge in [-0.15, -0.1) is 5.10 Å². The molecule has 2 fully saturated rings. The molecule has 1 aliphatic heterocycles. The average molecular weight is 355 g/mol. The Labute approximate surface area is 153 Å². The number of amides is 1. The molecule has 1 amide bonds. The van der Waals surface area contributed by atoms with Crippen molar-refractivity contribution in [3.8, 4) is 5.69 Å². The fraction of sp³-hybridized carbons (Fsp3) is 0.579. The van der Waals surface area contributed by atoms with Crippen LogP contribution in [0.3, 0.4) is 0 Å². The highest BCUT2D eigenvalue weighted by atomic mass is 16.3. The summed E-state index contributed by atoms with van der Waals surface area (Å²) in [5.41, 5.74) is 1.25. The number of aromatic nitrogens is 4. The maximum atomic E-state index is 12.8. The number of tetrazole rings is 1. The Kier molecular flexibility index (Phi) is 4.48. The zero-order chi connectivity index (χ0) is 18.1. The number of likely N-dealkylation sites (tertiary alicyclic amines) is 1. The summed E-state index contributed by atoms with van der Waals surface area (Å²) in [6.07, 6.45) is 5.75. The summed E-state index contributed by atoms with van der Waals surface area (Å²) >= 11 is 0. The van der Waals surface area contributed by atoms with Crippen LogP contribution in [0.2, 0.25) is 0 Å². The van der Waals surface area contributed by atoms with Gasteiger partial charge in [-0.3, -0.25) is 4.79 Å². The molecule has 3 atom stereocenters. The number of aliphatic hydroxyl groups is 1. The quantitative estimate of drug-likeness (QED) is 0.901. The second-order valence-corrected chi connectivity index (χ2v) is 7.61. The molecule has 2 aliphatic rings. The molecule has 2 aromatic rings. The summed E-state index contributed by atoms with van der Waals surface area (Å²) in [5, 5.41) is 22.0. The number of carbonyl (C=O) groups excluding carboxylic acids is 1. The van der Waals surface area contributed by atoms with Gasteiger partial charge in [0.15, 0.2) is 0 Å². The van der Waals surface area contributed by atoms with E-state index in [0.29, 0.717) is 18.9 Å². The highest BCUT2D eigenvalue weighted by Crippen LogP contribution is 2.44. The summed E-state index contributed by atoms with van der Waals surface area (Å²) in [7, 11) is 0. The zero-order valence-electron chi connectivity index (χ0n) is 15.1. The van der Waals surface area contributed by atoms with Gasteiger partial charge in [-0.2, -0.15) is 0 Å². The van der Waals surface area contributed by atoms with Crippen molar-refractivity contribution in [2.24, 2.45) is 11.8 Å². The second kappa shape index (κ2) is 6.79. The summed E-state index contributed by atoms with van der Waals surface area (Å²) in [5.74, 6) is 0.820. The summed E-state index contributed by atoms with van der Waals surface area (Å²) < 4.78 is 1.59. The van der Waals surface area contributed by atoms with E-state index in [2.05, 4.69) is 22.4 Å². The number of fused-ring (bicyclic) bond motifs is 1. The fourth-order valence-electron chi connectivity index (χ4n) is 4.60. The smallest absolute Gasteiger partial charge is 0.227 e. The van der Waals surface area contributed by atoms with Crippen molar-refractivity contribution < 1.29 is 9.90 Å². The van der Waals surface area contributed by atoms with Crippen LogP contribution in [0.4, 0.5) is 0 Å². The molecule has 1 aromatic heterocycles. The average Bonchev–Trinajstić information content (AvgIpc) is 3.33.